The summed E-state index contributed by atoms with van der Waals surface area (Å²) in [6.45, 7) is 7.68. The summed E-state index contributed by atoms with van der Waals surface area (Å²) in [7, 11) is -3.60. The van der Waals surface area contributed by atoms with Crippen LogP contribution in [0, 0.1) is 6.92 Å². The van der Waals surface area contributed by atoms with E-state index in [-0.39, 0.29) is 27.9 Å². The van der Waals surface area contributed by atoms with E-state index in [4.69, 9.17) is 10.5 Å². The van der Waals surface area contributed by atoms with Crippen LogP contribution >= 0.6 is 0 Å². The molecule has 166 valence electrons. The van der Waals surface area contributed by atoms with Crippen molar-refractivity contribution in [2.24, 2.45) is 0 Å². The molecule has 0 fully saturated rings. The number of benzene rings is 2. The van der Waals surface area contributed by atoms with Gasteiger partial charge in [0, 0.05) is 11.3 Å². The molecule has 0 saturated carbocycles. The fourth-order valence-corrected chi connectivity index (χ4v) is 4.13. The van der Waals surface area contributed by atoms with E-state index in [0.717, 1.165) is 11.1 Å². The van der Waals surface area contributed by atoms with Crippen LogP contribution in [0.15, 0.2) is 72.0 Å². The van der Waals surface area contributed by atoms with E-state index < -0.39 is 15.7 Å². The van der Waals surface area contributed by atoms with Gasteiger partial charge in [-0.3, -0.25) is 4.79 Å². The Morgan fingerprint density at radius 3 is 2.41 bits per heavy atom. The maximum Gasteiger partial charge on any atom is 0.278 e. The lowest BCUT2D eigenvalue weighted by Crippen LogP contribution is -2.17. The molecule has 9 heteroatoms. The van der Waals surface area contributed by atoms with Crippen molar-refractivity contribution < 1.29 is 17.9 Å². The number of hydrogen-bond donors (Lipinski definition) is 2. The fraction of sp³-hybridized carbons (Fsp3) is 0.174. The zero-order valence-corrected chi connectivity index (χ0v) is 18.6. The molecule has 0 bridgehead atoms. The van der Waals surface area contributed by atoms with Crippen LogP contribution in [0.25, 0.3) is 11.3 Å². The third-order valence-electron chi connectivity index (χ3n) is 4.53. The Bertz CT molecular complexity index is 1240. The van der Waals surface area contributed by atoms with Crippen LogP contribution in [-0.4, -0.2) is 36.7 Å². The molecule has 0 aliphatic heterocycles. The average molecular weight is 453 g/mol. The van der Waals surface area contributed by atoms with Gasteiger partial charge in [-0.25, -0.2) is 18.4 Å². The highest BCUT2D eigenvalue weighted by molar-refractivity contribution is 7.91. The van der Waals surface area contributed by atoms with Crippen molar-refractivity contribution in [3.63, 3.8) is 0 Å². The van der Waals surface area contributed by atoms with E-state index in [1.807, 2.05) is 31.2 Å². The summed E-state index contributed by atoms with van der Waals surface area (Å²) in [4.78, 5) is 21.3. The normalized spacial score (nSPS) is 11.1. The molecule has 0 spiro atoms. The quantitative estimate of drug-likeness (QED) is 0.500. The smallest absolute Gasteiger partial charge is 0.278 e. The van der Waals surface area contributed by atoms with Crippen LogP contribution in [0.3, 0.4) is 0 Å². The number of rotatable bonds is 8. The molecule has 1 heterocycles. The molecule has 1 amide bonds. The minimum Gasteiger partial charge on any atom is -0.498 e. The van der Waals surface area contributed by atoms with E-state index in [0.29, 0.717) is 18.0 Å². The second-order valence-electron chi connectivity index (χ2n) is 7.06. The summed E-state index contributed by atoms with van der Waals surface area (Å²) >= 11 is 0. The zero-order chi connectivity index (χ0) is 23.3. The summed E-state index contributed by atoms with van der Waals surface area (Å²) in [5, 5.41) is 2.67. The van der Waals surface area contributed by atoms with Crippen LogP contribution in [-0.2, 0) is 14.6 Å². The second-order valence-corrected chi connectivity index (χ2v) is 9.05. The maximum absolute atomic E-state index is 12.7. The van der Waals surface area contributed by atoms with Gasteiger partial charge in [-0.2, -0.15) is 0 Å². The first-order valence-corrected chi connectivity index (χ1v) is 11.5. The summed E-state index contributed by atoms with van der Waals surface area (Å²) in [6, 6.07) is 13.4. The van der Waals surface area contributed by atoms with Crippen molar-refractivity contribution in [3.8, 4) is 11.3 Å². The molecular formula is C23H24N4O4S. The Morgan fingerprint density at radius 1 is 1.12 bits per heavy atom. The Balaban J connectivity index is 1.77. The SMILES string of the molecule is C=C(CS(=O)(=O)c1ccc(NC(=O)c2nc(-c3ccc(C)cc3)cnc2N)cc1)OCC. The molecule has 3 aromatic rings. The van der Waals surface area contributed by atoms with E-state index in [1.54, 1.807) is 6.92 Å². The Kier molecular flexibility index (Phi) is 6.89. The highest BCUT2D eigenvalue weighted by Gasteiger charge is 2.18. The molecular weight excluding hydrogens is 428 g/mol. The Hall–Kier alpha value is -3.72. The topological polar surface area (TPSA) is 124 Å². The minimum absolute atomic E-state index is 0.00741. The number of amides is 1. The third-order valence-corrected chi connectivity index (χ3v) is 6.23. The molecule has 0 unspecified atom stereocenters. The number of carbonyl (C=O) groups excluding carboxylic acids is 1. The maximum atomic E-state index is 12.7. The lowest BCUT2D eigenvalue weighted by Gasteiger charge is -2.10. The second kappa shape index (κ2) is 9.61. The standard InChI is InChI=1S/C23H24N4O4S/c1-4-31-16(3)14-32(29,30)19-11-9-18(10-12-19)26-23(28)21-22(24)25-13-20(27-21)17-7-5-15(2)6-8-17/h5-13H,3-4,14H2,1-2H3,(H2,24,25)(H,26,28). The predicted octanol–water partition coefficient (Wildman–Crippen LogP) is 3.61. The molecule has 8 nitrogen and oxygen atoms in total. The van der Waals surface area contributed by atoms with Crippen LogP contribution < -0.4 is 11.1 Å². The van der Waals surface area contributed by atoms with Gasteiger partial charge >= 0.3 is 0 Å². The van der Waals surface area contributed by atoms with Crippen molar-refractivity contribution in [1.29, 1.82) is 0 Å². The molecule has 1 aromatic heterocycles. The number of hydrogen-bond acceptors (Lipinski definition) is 7. The van der Waals surface area contributed by atoms with Crippen molar-refractivity contribution in [2.75, 3.05) is 23.4 Å². The number of aromatic nitrogens is 2. The van der Waals surface area contributed by atoms with E-state index in [9.17, 15) is 13.2 Å². The first kappa shape index (κ1) is 23.0. The zero-order valence-electron chi connectivity index (χ0n) is 17.8. The minimum atomic E-state index is -3.60. The van der Waals surface area contributed by atoms with Crippen LogP contribution in [0.2, 0.25) is 0 Å². The van der Waals surface area contributed by atoms with Gasteiger partial charge in [-0.1, -0.05) is 36.4 Å². The van der Waals surface area contributed by atoms with Gasteiger partial charge < -0.3 is 15.8 Å². The molecule has 3 rings (SSSR count). The summed E-state index contributed by atoms with van der Waals surface area (Å²) in [5.41, 5.74) is 8.65. The lowest BCUT2D eigenvalue weighted by atomic mass is 10.1. The van der Waals surface area contributed by atoms with Crippen molar-refractivity contribution in [1.82, 2.24) is 9.97 Å². The number of sulfone groups is 1. The predicted molar refractivity (Wildman–Crippen MR) is 124 cm³/mol. The monoisotopic (exact) mass is 452 g/mol. The Morgan fingerprint density at radius 2 is 1.78 bits per heavy atom. The molecule has 0 aliphatic rings. The molecule has 0 saturated heterocycles. The van der Waals surface area contributed by atoms with Gasteiger partial charge in [0.05, 0.1) is 23.4 Å². The van der Waals surface area contributed by atoms with Gasteiger partial charge in [0.1, 0.15) is 11.5 Å². The van der Waals surface area contributed by atoms with Crippen LogP contribution in [0.1, 0.15) is 23.0 Å². The van der Waals surface area contributed by atoms with Crippen LogP contribution in [0.4, 0.5) is 11.5 Å². The summed E-state index contributed by atoms with van der Waals surface area (Å²) in [6.07, 6.45) is 1.51. The first-order valence-electron chi connectivity index (χ1n) is 9.84. The number of anilines is 2. The molecule has 0 atom stereocenters. The molecule has 3 N–H and O–H groups in total. The fourth-order valence-electron chi connectivity index (χ4n) is 2.91. The van der Waals surface area contributed by atoms with Gasteiger partial charge in [0.25, 0.3) is 5.91 Å². The van der Waals surface area contributed by atoms with Crippen molar-refractivity contribution >= 4 is 27.2 Å². The van der Waals surface area contributed by atoms with Gasteiger partial charge in [0.15, 0.2) is 21.3 Å². The van der Waals surface area contributed by atoms with Gasteiger partial charge in [0.2, 0.25) is 0 Å². The number of carbonyl (C=O) groups is 1. The summed E-state index contributed by atoms with van der Waals surface area (Å²) in [5.74, 6) is -0.700. The van der Waals surface area contributed by atoms with E-state index in [2.05, 4.69) is 21.9 Å². The third kappa shape index (κ3) is 5.50. The molecule has 0 aliphatic carbocycles. The van der Waals surface area contributed by atoms with Crippen LogP contribution in [0.5, 0.6) is 0 Å². The number of aryl methyl sites for hydroxylation is 1. The largest absolute Gasteiger partial charge is 0.498 e. The molecule has 32 heavy (non-hydrogen) atoms. The summed E-state index contributed by atoms with van der Waals surface area (Å²) < 4.78 is 30.0. The number of nitrogen functional groups attached to an aromatic ring is 1. The van der Waals surface area contributed by atoms with Crippen molar-refractivity contribution in [3.05, 3.63) is 78.3 Å². The number of nitrogens with zero attached hydrogens (tertiary/aromatic N) is 2. The number of nitrogens with one attached hydrogen (secondary N) is 1. The van der Waals surface area contributed by atoms with E-state index >= 15 is 0 Å². The average Bonchev–Trinajstić information content (AvgIpc) is 2.75. The number of nitrogens with two attached hydrogens (primary N) is 1. The number of ether oxygens (including phenoxy) is 1. The van der Waals surface area contributed by atoms with E-state index in [1.165, 1.54) is 30.5 Å². The highest BCUT2D eigenvalue weighted by Crippen LogP contribution is 2.21. The highest BCUT2D eigenvalue weighted by atomic mass is 32.2. The molecule has 2 aromatic carbocycles. The lowest BCUT2D eigenvalue weighted by molar-refractivity contribution is 0.102. The van der Waals surface area contributed by atoms with Crippen molar-refractivity contribution in [2.45, 2.75) is 18.7 Å². The van der Waals surface area contributed by atoms with Gasteiger partial charge in [-0.05, 0) is 38.1 Å². The molecule has 0 radical (unpaired) electrons. The van der Waals surface area contributed by atoms with Gasteiger partial charge in [-0.15, -0.1) is 0 Å². The first-order chi connectivity index (χ1) is 15.2. The Labute approximate surface area is 187 Å².